The van der Waals surface area contributed by atoms with Crippen LogP contribution >= 0.6 is 11.3 Å². The molecule has 7 heteroatoms. The molecule has 2 heterocycles. The number of hydrogen-bond acceptors (Lipinski definition) is 5. The summed E-state index contributed by atoms with van der Waals surface area (Å²) in [5.41, 5.74) is 4.78. The molecule has 27 heavy (non-hydrogen) atoms. The van der Waals surface area contributed by atoms with Crippen LogP contribution < -0.4 is 9.04 Å². The Bertz CT molecular complexity index is 1090. The molecule has 0 amide bonds. The van der Waals surface area contributed by atoms with E-state index in [9.17, 15) is 8.42 Å². The zero-order valence-corrected chi connectivity index (χ0v) is 17.0. The molecule has 0 radical (unpaired) electrons. The van der Waals surface area contributed by atoms with E-state index < -0.39 is 10.0 Å². The fraction of sp³-hybridized carbons (Fsp3) is 0.250. The summed E-state index contributed by atoms with van der Waals surface area (Å²) in [6.45, 7) is 1.94. The molecule has 1 aromatic heterocycles. The van der Waals surface area contributed by atoms with Gasteiger partial charge in [-0.15, -0.1) is 11.3 Å². The van der Waals surface area contributed by atoms with Gasteiger partial charge < -0.3 is 4.74 Å². The molecule has 1 aliphatic rings. The van der Waals surface area contributed by atoms with Crippen LogP contribution in [0, 0.1) is 0 Å². The van der Waals surface area contributed by atoms with Gasteiger partial charge in [-0.2, -0.15) is 0 Å². The molecular weight excluding hydrogens is 380 g/mol. The summed E-state index contributed by atoms with van der Waals surface area (Å²) in [6.07, 6.45) is 1.97. The minimum atomic E-state index is -3.27. The van der Waals surface area contributed by atoms with Gasteiger partial charge in [0.1, 0.15) is 10.8 Å². The number of rotatable bonds is 4. The van der Waals surface area contributed by atoms with E-state index in [2.05, 4.69) is 6.07 Å². The van der Waals surface area contributed by atoms with Crippen LogP contribution in [0.25, 0.3) is 21.8 Å². The highest BCUT2D eigenvalue weighted by Crippen LogP contribution is 2.37. The Labute approximate surface area is 163 Å². The second-order valence-electron chi connectivity index (χ2n) is 6.72. The summed E-state index contributed by atoms with van der Waals surface area (Å²) < 4.78 is 30.9. The van der Waals surface area contributed by atoms with Crippen molar-refractivity contribution < 1.29 is 13.2 Å². The summed E-state index contributed by atoms with van der Waals surface area (Å²) in [5.74, 6) is 0.818. The summed E-state index contributed by atoms with van der Waals surface area (Å²) in [4.78, 5) is 4.76. The van der Waals surface area contributed by atoms with E-state index in [-0.39, 0.29) is 6.04 Å². The number of benzene rings is 2. The first-order valence-electron chi connectivity index (χ1n) is 8.59. The summed E-state index contributed by atoms with van der Waals surface area (Å²) in [6, 6.07) is 13.7. The normalized spacial score (nSPS) is 16.4. The zero-order valence-electron chi connectivity index (χ0n) is 15.3. The van der Waals surface area contributed by atoms with Gasteiger partial charge in [0.05, 0.1) is 24.7 Å². The second kappa shape index (κ2) is 6.65. The van der Waals surface area contributed by atoms with Gasteiger partial charge in [-0.1, -0.05) is 6.07 Å². The highest BCUT2D eigenvalue weighted by molar-refractivity contribution is 7.92. The van der Waals surface area contributed by atoms with E-state index in [0.717, 1.165) is 38.8 Å². The van der Waals surface area contributed by atoms with Crippen LogP contribution in [0.4, 0.5) is 5.69 Å². The first kappa shape index (κ1) is 18.0. The zero-order chi connectivity index (χ0) is 19.2. The van der Waals surface area contributed by atoms with E-state index in [4.69, 9.17) is 9.72 Å². The predicted molar refractivity (Wildman–Crippen MR) is 110 cm³/mol. The van der Waals surface area contributed by atoms with Crippen LogP contribution in [0.2, 0.25) is 0 Å². The number of ether oxygens (including phenoxy) is 1. The number of aromatic nitrogens is 1. The first-order chi connectivity index (χ1) is 12.9. The van der Waals surface area contributed by atoms with Gasteiger partial charge in [-0.3, -0.25) is 4.31 Å². The van der Waals surface area contributed by atoms with Gasteiger partial charge in [-0.25, -0.2) is 13.4 Å². The van der Waals surface area contributed by atoms with Gasteiger partial charge in [-0.05, 0) is 55.3 Å². The molecule has 5 nitrogen and oxygen atoms in total. The molecule has 0 aliphatic carbocycles. The molecule has 1 aliphatic heterocycles. The number of thiazole rings is 1. The minimum Gasteiger partial charge on any atom is -0.497 e. The molecule has 4 rings (SSSR count). The Morgan fingerprint density at radius 3 is 2.52 bits per heavy atom. The molecule has 0 N–H and O–H groups in total. The highest BCUT2D eigenvalue weighted by Gasteiger charge is 2.32. The molecule has 140 valence electrons. The third kappa shape index (κ3) is 3.33. The quantitative estimate of drug-likeness (QED) is 0.659. The topological polar surface area (TPSA) is 59.5 Å². The van der Waals surface area contributed by atoms with Crippen molar-refractivity contribution >= 4 is 27.0 Å². The lowest BCUT2D eigenvalue weighted by molar-refractivity contribution is 0.415. The van der Waals surface area contributed by atoms with E-state index in [1.807, 2.05) is 48.7 Å². The number of methoxy groups -OCH3 is 1. The molecule has 1 atom stereocenters. The van der Waals surface area contributed by atoms with Crippen LogP contribution in [-0.4, -0.2) is 32.8 Å². The maximum Gasteiger partial charge on any atom is 0.232 e. The molecule has 0 unspecified atom stereocenters. The van der Waals surface area contributed by atoms with Gasteiger partial charge in [0.2, 0.25) is 10.0 Å². The maximum absolute atomic E-state index is 12.1. The summed E-state index contributed by atoms with van der Waals surface area (Å²) in [5, 5.41) is 2.98. The first-order valence-corrected chi connectivity index (χ1v) is 11.3. The van der Waals surface area contributed by atoms with Crippen LogP contribution in [-0.2, 0) is 16.4 Å². The summed E-state index contributed by atoms with van der Waals surface area (Å²) >= 11 is 1.59. The highest BCUT2D eigenvalue weighted by atomic mass is 32.2. The van der Waals surface area contributed by atoms with Crippen molar-refractivity contribution in [2.24, 2.45) is 0 Å². The van der Waals surface area contributed by atoms with E-state index in [0.29, 0.717) is 6.42 Å². The number of hydrogen-bond donors (Lipinski definition) is 0. The third-order valence-electron chi connectivity index (χ3n) is 4.73. The lowest BCUT2D eigenvalue weighted by Gasteiger charge is -2.21. The van der Waals surface area contributed by atoms with Gasteiger partial charge >= 0.3 is 0 Å². The molecule has 0 saturated carbocycles. The fourth-order valence-corrected chi connectivity index (χ4v) is 5.64. The third-order valence-corrected chi connectivity index (χ3v) is 6.89. The fourth-order valence-electron chi connectivity index (χ4n) is 3.54. The Morgan fingerprint density at radius 1 is 1.15 bits per heavy atom. The second-order valence-corrected chi connectivity index (χ2v) is 9.44. The molecule has 0 fully saturated rings. The smallest absolute Gasteiger partial charge is 0.232 e. The van der Waals surface area contributed by atoms with Crippen LogP contribution in [0.5, 0.6) is 5.75 Å². The van der Waals surface area contributed by atoms with Crippen molar-refractivity contribution in [1.29, 1.82) is 0 Å². The lowest BCUT2D eigenvalue weighted by Crippen LogP contribution is -2.34. The van der Waals surface area contributed by atoms with Crippen LogP contribution in [0.3, 0.4) is 0 Å². The van der Waals surface area contributed by atoms with E-state index >= 15 is 0 Å². The lowest BCUT2D eigenvalue weighted by atomic mass is 10.1. The Kier molecular flexibility index (Phi) is 4.44. The van der Waals surface area contributed by atoms with Crippen molar-refractivity contribution in [1.82, 2.24) is 4.98 Å². The molecule has 2 aromatic carbocycles. The Balaban J connectivity index is 1.66. The average Bonchev–Trinajstić information content (AvgIpc) is 3.24. The Morgan fingerprint density at radius 2 is 1.85 bits per heavy atom. The molecule has 0 spiro atoms. The summed E-state index contributed by atoms with van der Waals surface area (Å²) in [7, 11) is -1.62. The van der Waals surface area contributed by atoms with E-state index in [1.165, 1.54) is 10.6 Å². The largest absolute Gasteiger partial charge is 0.497 e. The monoisotopic (exact) mass is 400 g/mol. The van der Waals surface area contributed by atoms with Gasteiger partial charge in [0.15, 0.2) is 0 Å². The average molecular weight is 401 g/mol. The number of sulfonamides is 1. The van der Waals surface area contributed by atoms with Crippen molar-refractivity contribution in [2.45, 2.75) is 19.4 Å². The minimum absolute atomic E-state index is 0.0597. The van der Waals surface area contributed by atoms with Gasteiger partial charge in [0.25, 0.3) is 0 Å². The molecule has 3 aromatic rings. The predicted octanol–water partition coefficient (Wildman–Crippen LogP) is 4.20. The van der Waals surface area contributed by atoms with Crippen molar-refractivity contribution in [3.8, 4) is 27.6 Å². The van der Waals surface area contributed by atoms with E-state index in [1.54, 1.807) is 18.4 Å². The number of fused-ring (bicyclic) bond motifs is 1. The van der Waals surface area contributed by atoms with Crippen LogP contribution in [0.15, 0.2) is 47.8 Å². The Hall–Kier alpha value is -2.38. The van der Waals surface area contributed by atoms with Crippen LogP contribution in [0.1, 0.15) is 12.5 Å². The molecular formula is C20H20N2O3S2. The van der Waals surface area contributed by atoms with Gasteiger partial charge in [0, 0.05) is 22.5 Å². The van der Waals surface area contributed by atoms with Crippen molar-refractivity contribution in [3.63, 3.8) is 0 Å². The number of nitrogens with zero attached hydrogens (tertiary/aromatic N) is 2. The van der Waals surface area contributed by atoms with Crippen molar-refractivity contribution in [3.05, 3.63) is 53.4 Å². The molecule has 0 bridgehead atoms. The molecule has 0 saturated heterocycles. The van der Waals surface area contributed by atoms with Crippen molar-refractivity contribution in [2.75, 3.05) is 17.7 Å². The number of anilines is 1. The SMILES string of the molecule is COc1ccc(-c2nc(-c3ccc4c(c3)C[C@H](C)N4S(C)(=O)=O)cs2)cc1. The maximum atomic E-state index is 12.1. The standard InChI is InChI=1S/C20H20N2O3S2/c1-13-10-16-11-15(6-9-19(16)22(13)27(3,23)24)18-12-26-20(21-18)14-4-7-17(25-2)8-5-14/h4-9,11-13H,10H2,1-3H3/t13-/m0/s1.